The number of methoxy groups -OCH3 is 1. The first kappa shape index (κ1) is 9.54. The summed E-state index contributed by atoms with van der Waals surface area (Å²) in [5.41, 5.74) is 5.70. The SMILES string of the molecule is COC(C)Cn1ncc(Br)c1N. The van der Waals surface area contributed by atoms with Crippen LogP contribution in [0.25, 0.3) is 0 Å². The van der Waals surface area contributed by atoms with Gasteiger partial charge in [-0.1, -0.05) is 0 Å². The van der Waals surface area contributed by atoms with Gasteiger partial charge in [-0.25, -0.2) is 4.68 Å². The quantitative estimate of drug-likeness (QED) is 0.856. The van der Waals surface area contributed by atoms with E-state index in [0.717, 1.165) is 4.47 Å². The summed E-state index contributed by atoms with van der Waals surface area (Å²) in [6.45, 7) is 2.64. The van der Waals surface area contributed by atoms with Crippen LogP contribution in [0.2, 0.25) is 0 Å². The summed E-state index contributed by atoms with van der Waals surface area (Å²) in [6, 6.07) is 0. The topological polar surface area (TPSA) is 53.1 Å². The molecule has 0 saturated carbocycles. The zero-order chi connectivity index (χ0) is 9.14. The molecule has 5 heteroatoms. The third-order valence-electron chi connectivity index (χ3n) is 1.67. The minimum Gasteiger partial charge on any atom is -0.383 e. The Bertz CT molecular complexity index is 261. The third kappa shape index (κ3) is 1.98. The molecule has 0 aliphatic heterocycles. The second-order valence-corrected chi connectivity index (χ2v) is 3.46. The summed E-state index contributed by atoms with van der Waals surface area (Å²) in [5, 5.41) is 4.07. The summed E-state index contributed by atoms with van der Waals surface area (Å²) in [7, 11) is 1.67. The average Bonchev–Trinajstić information content (AvgIpc) is 2.36. The molecule has 12 heavy (non-hydrogen) atoms. The molecule has 1 aromatic heterocycles. The number of nitrogens with two attached hydrogens (primary N) is 1. The number of hydrogen-bond donors (Lipinski definition) is 1. The van der Waals surface area contributed by atoms with Crippen molar-refractivity contribution < 1.29 is 4.74 Å². The highest BCUT2D eigenvalue weighted by Gasteiger charge is 2.07. The maximum Gasteiger partial charge on any atom is 0.136 e. The van der Waals surface area contributed by atoms with Crippen molar-refractivity contribution in [3.8, 4) is 0 Å². The van der Waals surface area contributed by atoms with Crippen molar-refractivity contribution in [1.29, 1.82) is 0 Å². The first-order valence-electron chi connectivity index (χ1n) is 3.64. The van der Waals surface area contributed by atoms with Gasteiger partial charge in [0.15, 0.2) is 0 Å². The minimum atomic E-state index is 0.124. The molecule has 0 spiro atoms. The highest BCUT2D eigenvalue weighted by atomic mass is 79.9. The predicted molar refractivity (Wildman–Crippen MR) is 50.8 cm³/mol. The molecule has 1 aromatic rings. The first-order valence-corrected chi connectivity index (χ1v) is 4.44. The van der Waals surface area contributed by atoms with E-state index in [1.165, 1.54) is 0 Å². The number of hydrogen-bond acceptors (Lipinski definition) is 3. The Morgan fingerprint density at radius 1 is 1.83 bits per heavy atom. The monoisotopic (exact) mass is 233 g/mol. The molecule has 0 saturated heterocycles. The highest BCUT2D eigenvalue weighted by Crippen LogP contribution is 2.17. The van der Waals surface area contributed by atoms with Crippen molar-refractivity contribution in [2.45, 2.75) is 19.6 Å². The maximum atomic E-state index is 5.70. The largest absolute Gasteiger partial charge is 0.383 e. The molecule has 0 fully saturated rings. The number of halogens is 1. The van der Waals surface area contributed by atoms with Crippen LogP contribution in [0.1, 0.15) is 6.92 Å². The van der Waals surface area contributed by atoms with Crippen LogP contribution in [0, 0.1) is 0 Å². The fourth-order valence-corrected chi connectivity index (χ4v) is 1.13. The van der Waals surface area contributed by atoms with Gasteiger partial charge >= 0.3 is 0 Å². The standard InChI is InChI=1S/C7H12BrN3O/c1-5(12-2)4-11-7(9)6(8)3-10-11/h3,5H,4,9H2,1-2H3. The molecular weight excluding hydrogens is 222 g/mol. The van der Waals surface area contributed by atoms with Gasteiger partial charge in [-0.2, -0.15) is 5.10 Å². The van der Waals surface area contributed by atoms with Crippen molar-refractivity contribution in [2.24, 2.45) is 0 Å². The number of ether oxygens (including phenoxy) is 1. The maximum absolute atomic E-state index is 5.70. The molecule has 68 valence electrons. The lowest BCUT2D eigenvalue weighted by Crippen LogP contribution is -2.17. The molecule has 4 nitrogen and oxygen atoms in total. The molecule has 0 radical (unpaired) electrons. The van der Waals surface area contributed by atoms with E-state index < -0.39 is 0 Å². The summed E-state index contributed by atoms with van der Waals surface area (Å²) < 4.78 is 7.62. The van der Waals surface area contributed by atoms with E-state index in [4.69, 9.17) is 10.5 Å². The van der Waals surface area contributed by atoms with Crippen molar-refractivity contribution >= 4 is 21.7 Å². The molecule has 0 aromatic carbocycles. The fraction of sp³-hybridized carbons (Fsp3) is 0.571. The predicted octanol–water partition coefficient (Wildman–Crippen LogP) is 1.26. The molecule has 0 aliphatic carbocycles. The smallest absolute Gasteiger partial charge is 0.136 e. The molecule has 2 N–H and O–H groups in total. The van der Waals surface area contributed by atoms with E-state index >= 15 is 0 Å². The Morgan fingerprint density at radius 2 is 2.50 bits per heavy atom. The Labute approximate surface area is 79.8 Å². The molecular formula is C7H12BrN3O. The lowest BCUT2D eigenvalue weighted by molar-refractivity contribution is 0.100. The van der Waals surface area contributed by atoms with Crippen LogP contribution in [-0.2, 0) is 11.3 Å². The molecule has 1 atom stereocenters. The molecule has 0 amide bonds. The van der Waals surface area contributed by atoms with Crippen molar-refractivity contribution in [3.05, 3.63) is 10.7 Å². The van der Waals surface area contributed by atoms with Gasteiger partial charge < -0.3 is 10.5 Å². The van der Waals surface area contributed by atoms with E-state index in [0.29, 0.717) is 12.4 Å². The summed E-state index contributed by atoms with van der Waals surface area (Å²) >= 11 is 3.28. The Balaban J connectivity index is 2.69. The first-order chi connectivity index (χ1) is 5.65. The number of aromatic nitrogens is 2. The van der Waals surface area contributed by atoms with E-state index in [1.54, 1.807) is 18.0 Å². The Kier molecular flexibility index (Phi) is 3.11. The van der Waals surface area contributed by atoms with E-state index in [9.17, 15) is 0 Å². The number of anilines is 1. The van der Waals surface area contributed by atoms with Crippen LogP contribution < -0.4 is 5.73 Å². The number of rotatable bonds is 3. The normalized spacial score (nSPS) is 13.2. The second kappa shape index (κ2) is 3.91. The molecule has 1 rings (SSSR count). The van der Waals surface area contributed by atoms with E-state index in [-0.39, 0.29) is 6.10 Å². The summed E-state index contributed by atoms with van der Waals surface area (Å²) in [6.07, 6.45) is 1.80. The average molecular weight is 234 g/mol. The van der Waals surface area contributed by atoms with Crippen molar-refractivity contribution in [2.75, 3.05) is 12.8 Å². The van der Waals surface area contributed by atoms with Crippen molar-refractivity contribution in [3.63, 3.8) is 0 Å². The van der Waals surface area contributed by atoms with Crippen LogP contribution in [0.5, 0.6) is 0 Å². The van der Waals surface area contributed by atoms with Gasteiger partial charge in [0.1, 0.15) is 5.82 Å². The summed E-state index contributed by atoms with van der Waals surface area (Å²) in [4.78, 5) is 0. The number of nitrogen functional groups attached to an aromatic ring is 1. The van der Waals surface area contributed by atoms with Crippen molar-refractivity contribution in [1.82, 2.24) is 9.78 Å². The van der Waals surface area contributed by atoms with Crippen LogP contribution >= 0.6 is 15.9 Å². The van der Waals surface area contributed by atoms with Gasteiger partial charge in [-0.3, -0.25) is 0 Å². The van der Waals surface area contributed by atoms with E-state index in [2.05, 4.69) is 21.0 Å². The Morgan fingerprint density at radius 3 is 2.92 bits per heavy atom. The van der Waals surface area contributed by atoms with Crippen LogP contribution in [-0.4, -0.2) is 23.0 Å². The highest BCUT2D eigenvalue weighted by molar-refractivity contribution is 9.10. The Hall–Kier alpha value is -0.550. The van der Waals surface area contributed by atoms with Gasteiger partial charge in [0.25, 0.3) is 0 Å². The van der Waals surface area contributed by atoms with Gasteiger partial charge in [0.05, 0.1) is 23.3 Å². The zero-order valence-electron chi connectivity index (χ0n) is 7.12. The van der Waals surface area contributed by atoms with Crippen LogP contribution in [0.3, 0.4) is 0 Å². The van der Waals surface area contributed by atoms with Crippen LogP contribution in [0.15, 0.2) is 10.7 Å². The lowest BCUT2D eigenvalue weighted by atomic mass is 10.4. The minimum absolute atomic E-state index is 0.124. The zero-order valence-corrected chi connectivity index (χ0v) is 8.71. The molecule has 1 heterocycles. The fourth-order valence-electron chi connectivity index (χ4n) is 0.836. The van der Waals surface area contributed by atoms with Gasteiger partial charge in [-0.05, 0) is 22.9 Å². The molecule has 1 unspecified atom stereocenters. The van der Waals surface area contributed by atoms with Gasteiger partial charge in [0, 0.05) is 7.11 Å². The third-order valence-corrected chi connectivity index (χ3v) is 2.28. The molecule has 0 aliphatic rings. The van der Waals surface area contributed by atoms with Gasteiger partial charge in [-0.15, -0.1) is 0 Å². The van der Waals surface area contributed by atoms with Crippen LogP contribution in [0.4, 0.5) is 5.82 Å². The number of nitrogens with zero attached hydrogens (tertiary/aromatic N) is 2. The summed E-state index contributed by atoms with van der Waals surface area (Å²) in [5.74, 6) is 0.638. The second-order valence-electron chi connectivity index (χ2n) is 2.61. The van der Waals surface area contributed by atoms with Gasteiger partial charge in [0.2, 0.25) is 0 Å². The van der Waals surface area contributed by atoms with E-state index in [1.807, 2.05) is 6.92 Å². The molecule has 0 bridgehead atoms. The lowest BCUT2D eigenvalue weighted by Gasteiger charge is -2.10.